The van der Waals surface area contributed by atoms with Gasteiger partial charge in [-0.1, -0.05) is 40.2 Å². The minimum Gasteiger partial charge on any atom is -0.297 e. The number of halogens is 2. The summed E-state index contributed by atoms with van der Waals surface area (Å²) in [5.74, 6) is -0.262. The van der Waals surface area contributed by atoms with Crippen LogP contribution in [0.25, 0.3) is 0 Å². The maximum atomic E-state index is 13.5. The standard InChI is InChI=1S/C23H23BrFN3O2/c1-2-27-21-10-11-26(13-17-4-3-5-19(25)12-17)15-20(21)22(29)28(23(27)30)14-16-6-8-18(24)9-7-16/h3-9,12H,2,10-11,13-15H2,1H3. The summed E-state index contributed by atoms with van der Waals surface area (Å²) in [6, 6.07) is 14.1. The molecule has 30 heavy (non-hydrogen) atoms. The molecule has 1 aromatic heterocycles. The van der Waals surface area contributed by atoms with E-state index in [-0.39, 0.29) is 23.6 Å². The predicted octanol–water partition coefficient (Wildman–Crippen LogP) is 3.54. The van der Waals surface area contributed by atoms with Crippen molar-refractivity contribution in [2.75, 3.05) is 6.54 Å². The summed E-state index contributed by atoms with van der Waals surface area (Å²) in [4.78, 5) is 28.4. The van der Waals surface area contributed by atoms with Crippen molar-refractivity contribution in [3.8, 4) is 0 Å². The van der Waals surface area contributed by atoms with Crippen LogP contribution < -0.4 is 11.2 Å². The minimum atomic E-state index is -0.262. The number of hydrogen-bond donors (Lipinski definition) is 0. The van der Waals surface area contributed by atoms with Gasteiger partial charge in [-0.25, -0.2) is 9.18 Å². The van der Waals surface area contributed by atoms with Gasteiger partial charge in [0.2, 0.25) is 0 Å². The molecular formula is C23H23BrFN3O2. The van der Waals surface area contributed by atoms with Crippen molar-refractivity contribution >= 4 is 15.9 Å². The first-order chi connectivity index (χ1) is 14.5. The molecule has 0 aliphatic carbocycles. The summed E-state index contributed by atoms with van der Waals surface area (Å²) in [5, 5.41) is 0. The Kier molecular flexibility index (Phi) is 6.01. The van der Waals surface area contributed by atoms with Gasteiger partial charge in [-0.05, 0) is 42.3 Å². The number of nitrogens with zero attached hydrogens (tertiary/aromatic N) is 3. The Morgan fingerprint density at radius 3 is 2.47 bits per heavy atom. The molecule has 3 aromatic rings. The van der Waals surface area contributed by atoms with E-state index in [0.717, 1.165) is 27.8 Å². The van der Waals surface area contributed by atoms with E-state index in [9.17, 15) is 14.0 Å². The zero-order valence-electron chi connectivity index (χ0n) is 16.8. The average Bonchev–Trinajstić information content (AvgIpc) is 2.73. The van der Waals surface area contributed by atoms with Crippen LogP contribution in [0.4, 0.5) is 4.39 Å². The highest BCUT2D eigenvalue weighted by molar-refractivity contribution is 9.10. The van der Waals surface area contributed by atoms with Gasteiger partial charge in [0.1, 0.15) is 5.82 Å². The lowest BCUT2D eigenvalue weighted by Gasteiger charge is -2.30. The minimum absolute atomic E-state index is 0.230. The van der Waals surface area contributed by atoms with Gasteiger partial charge in [-0.15, -0.1) is 0 Å². The molecule has 1 aliphatic rings. The van der Waals surface area contributed by atoms with Crippen LogP contribution in [0.5, 0.6) is 0 Å². The summed E-state index contributed by atoms with van der Waals surface area (Å²) in [6.45, 7) is 4.42. The molecule has 2 heterocycles. The van der Waals surface area contributed by atoms with E-state index in [4.69, 9.17) is 0 Å². The Morgan fingerprint density at radius 2 is 1.77 bits per heavy atom. The Labute approximate surface area is 182 Å². The van der Waals surface area contributed by atoms with Crippen LogP contribution in [0.15, 0.2) is 62.6 Å². The van der Waals surface area contributed by atoms with Gasteiger partial charge in [0.15, 0.2) is 0 Å². The molecule has 5 nitrogen and oxygen atoms in total. The van der Waals surface area contributed by atoms with Crippen molar-refractivity contribution in [3.63, 3.8) is 0 Å². The average molecular weight is 472 g/mol. The van der Waals surface area contributed by atoms with E-state index < -0.39 is 0 Å². The number of fused-ring (bicyclic) bond motifs is 1. The van der Waals surface area contributed by atoms with Crippen LogP contribution in [-0.2, 0) is 32.6 Å². The first-order valence-corrected chi connectivity index (χ1v) is 10.8. The molecule has 0 saturated heterocycles. The van der Waals surface area contributed by atoms with E-state index >= 15 is 0 Å². The van der Waals surface area contributed by atoms with Gasteiger partial charge >= 0.3 is 5.69 Å². The fraction of sp³-hybridized carbons (Fsp3) is 0.304. The maximum absolute atomic E-state index is 13.5. The van der Waals surface area contributed by atoms with Crippen molar-refractivity contribution in [1.29, 1.82) is 0 Å². The SMILES string of the molecule is CCn1c2c(c(=O)n(Cc3ccc(Br)cc3)c1=O)CN(Cc1cccc(F)c1)CC2. The Morgan fingerprint density at radius 1 is 1.00 bits per heavy atom. The summed E-state index contributed by atoms with van der Waals surface area (Å²) in [7, 11) is 0. The van der Waals surface area contributed by atoms with Crippen molar-refractivity contribution in [2.45, 2.75) is 39.5 Å². The van der Waals surface area contributed by atoms with E-state index in [2.05, 4.69) is 20.8 Å². The summed E-state index contributed by atoms with van der Waals surface area (Å²) < 4.78 is 17.5. The topological polar surface area (TPSA) is 47.2 Å². The monoisotopic (exact) mass is 471 g/mol. The third kappa shape index (κ3) is 4.18. The van der Waals surface area contributed by atoms with Crippen LogP contribution in [0, 0.1) is 5.82 Å². The lowest BCUT2D eigenvalue weighted by atomic mass is 10.0. The summed E-state index contributed by atoms with van der Waals surface area (Å²) in [5.41, 5.74) is 2.77. The quantitative estimate of drug-likeness (QED) is 0.571. The third-order valence-electron chi connectivity index (χ3n) is 5.55. The van der Waals surface area contributed by atoms with Crippen LogP contribution in [0.3, 0.4) is 0 Å². The molecule has 4 rings (SSSR count). The number of hydrogen-bond acceptors (Lipinski definition) is 3. The molecule has 1 aliphatic heterocycles. The molecule has 0 saturated carbocycles. The largest absolute Gasteiger partial charge is 0.331 e. The first kappa shape index (κ1) is 20.8. The Balaban J connectivity index is 1.69. The molecule has 0 radical (unpaired) electrons. The molecule has 156 valence electrons. The second-order valence-corrected chi connectivity index (χ2v) is 8.48. The number of benzene rings is 2. The molecule has 0 spiro atoms. The molecule has 0 fully saturated rings. The highest BCUT2D eigenvalue weighted by Crippen LogP contribution is 2.18. The smallest absolute Gasteiger partial charge is 0.297 e. The zero-order chi connectivity index (χ0) is 21.3. The van der Waals surface area contributed by atoms with Gasteiger partial charge in [0.05, 0.1) is 12.1 Å². The Hall–Kier alpha value is -2.51. The van der Waals surface area contributed by atoms with Gasteiger partial charge in [-0.3, -0.25) is 18.8 Å². The highest BCUT2D eigenvalue weighted by Gasteiger charge is 2.25. The van der Waals surface area contributed by atoms with E-state index in [0.29, 0.717) is 31.6 Å². The lowest BCUT2D eigenvalue weighted by molar-refractivity contribution is 0.236. The number of aromatic nitrogens is 2. The van der Waals surface area contributed by atoms with E-state index in [1.54, 1.807) is 10.6 Å². The molecule has 0 bridgehead atoms. The second-order valence-electron chi connectivity index (χ2n) is 7.56. The summed E-state index contributed by atoms with van der Waals surface area (Å²) >= 11 is 3.41. The molecule has 0 N–H and O–H groups in total. The molecule has 2 aromatic carbocycles. The van der Waals surface area contributed by atoms with Gasteiger partial charge < -0.3 is 0 Å². The highest BCUT2D eigenvalue weighted by atomic mass is 79.9. The molecule has 7 heteroatoms. The van der Waals surface area contributed by atoms with Gasteiger partial charge in [0, 0.05) is 42.8 Å². The van der Waals surface area contributed by atoms with Crippen molar-refractivity contribution in [3.05, 3.63) is 102 Å². The molecule has 0 amide bonds. The second kappa shape index (κ2) is 8.70. The van der Waals surface area contributed by atoms with Gasteiger partial charge in [0.25, 0.3) is 5.56 Å². The molecule has 0 atom stereocenters. The van der Waals surface area contributed by atoms with Crippen molar-refractivity contribution in [1.82, 2.24) is 14.0 Å². The lowest BCUT2D eigenvalue weighted by Crippen LogP contribution is -2.47. The van der Waals surface area contributed by atoms with Crippen LogP contribution in [-0.4, -0.2) is 20.6 Å². The maximum Gasteiger partial charge on any atom is 0.331 e. The van der Waals surface area contributed by atoms with E-state index in [1.807, 2.05) is 37.3 Å². The van der Waals surface area contributed by atoms with Gasteiger partial charge in [-0.2, -0.15) is 0 Å². The first-order valence-electron chi connectivity index (χ1n) is 10.0. The Bertz CT molecular complexity index is 1180. The van der Waals surface area contributed by atoms with Crippen LogP contribution in [0.1, 0.15) is 29.3 Å². The van der Waals surface area contributed by atoms with Crippen LogP contribution >= 0.6 is 15.9 Å². The van der Waals surface area contributed by atoms with Crippen LogP contribution in [0.2, 0.25) is 0 Å². The number of rotatable bonds is 5. The van der Waals surface area contributed by atoms with E-state index in [1.165, 1.54) is 16.7 Å². The normalized spacial score (nSPS) is 14.0. The van der Waals surface area contributed by atoms with Crippen molar-refractivity contribution < 1.29 is 4.39 Å². The molecule has 0 unspecified atom stereocenters. The van der Waals surface area contributed by atoms with Crippen molar-refractivity contribution in [2.24, 2.45) is 0 Å². The third-order valence-corrected chi connectivity index (χ3v) is 6.08. The predicted molar refractivity (Wildman–Crippen MR) is 118 cm³/mol. The zero-order valence-corrected chi connectivity index (χ0v) is 18.4. The summed E-state index contributed by atoms with van der Waals surface area (Å²) in [6.07, 6.45) is 0.627. The fourth-order valence-corrected chi connectivity index (χ4v) is 4.34. The molecular weight excluding hydrogens is 449 g/mol. The fourth-order valence-electron chi connectivity index (χ4n) is 4.08.